The van der Waals surface area contributed by atoms with Gasteiger partial charge in [-0.05, 0) is 49.4 Å². The Hall–Kier alpha value is -0.0400. The molecule has 0 aliphatic heterocycles. The fourth-order valence-corrected chi connectivity index (χ4v) is 3.89. The molecule has 17 heavy (non-hydrogen) atoms. The molecule has 2 unspecified atom stereocenters. The van der Waals surface area contributed by atoms with Crippen LogP contribution in [0.3, 0.4) is 0 Å². The van der Waals surface area contributed by atoms with Crippen LogP contribution in [0.5, 0.6) is 0 Å². The molecular formula is C16H31N. The predicted octanol–water partition coefficient (Wildman–Crippen LogP) is 4.37. The van der Waals surface area contributed by atoms with Crippen molar-refractivity contribution in [2.24, 2.45) is 17.3 Å². The molecule has 2 fully saturated rings. The summed E-state index contributed by atoms with van der Waals surface area (Å²) >= 11 is 0. The first-order valence-corrected chi connectivity index (χ1v) is 7.90. The molecule has 0 aromatic heterocycles. The normalized spacial score (nSPS) is 32.5. The lowest BCUT2D eigenvalue weighted by Crippen LogP contribution is -2.47. The molecule has 1 nitrogen and oxygen atoms in total. The molecule has 1 heteroatoms. The highest BCUT2D eigenvalue weighted by atomic mass is 14.9. The molecule has 2 aliphatic rings. The average Bonchev–Trinajstić information content (AvgIpc) is 2.28. The molecule has 2 aliphatic carbocycles. The molecule has 0 saturated heterocycles. The van der Waals surface area contributed by atoms with E-state index in [1.807, 2.05) is 0 Å². The van der Waals surface area contributed by atoms with E-state index in [1.165, 1.54) is 57.9 Å². The Morgan fingerprint density at radius 3 is 2.35 bits per heavy atom. The highest BCUT2D eigenvalue weighted by Crippen LogP contribution is 2.43. The Morgan fingerprint density at radius 2 is 1.82 bits per heavy atom. The number of nitrogens with one attached hydrogen (secondary N) is 1. The maximum Gasteiger partial charge on any atom is 0.00979 e. The second-order valence-corrected chi connectivity index (χ2v) is 6.89. The SMILES string of the molecule is CCC1(CNC2CCCCC2C(C)C)CCC1. The van der Waals surface area contributed by atoms with Gasteiger partial charge in [0.25, 0.3) is 0 Å². The third kappa shape index (κ3) is 3.05. The Bertz CT molecular complexity index is 224. The van der Waals surface area contributed by atoms with Crippen LogP contribution in [0.2, 0.25) is 0 Å². The summed E-state index contributed by atoms with van der Waals surface area (Å²) in [4.78, 5) is 0. The van der Waals surface area contributed by atoms with Crippen molar-refractivity contribution >= 4 is 0 Å². The number of rotatable bonds is 5. The van der Waals surface area contributed by atoms with Gasteiger partial charge in [0, 0.05) is 12.6 Å². The fraction of sp³-hybridized carbons (Fsp3) is 1.00. The maximum atomic E-state index is 3.95. The van der Waals surface area contributed by atoms with Crippen LogP contribution in [-0.4, -0.2) is 12.6 Å². The summed E-state index contributed by atoms with van der Waals surface area (Å²) < 4.78 is 0. The summed E-state index contributed by atoms with van der Waals surface area (Å²) in [6.07, 6.45) is 11.6. The van der Waals surface area contributed by atoms with Gasteiger partial charge in [-0.3, -0.25) is 0 Å². The van der Waals surface area contributed by atoms with E-state index >= 15 is 0 Å². The molecular weight excluding hydrogens is 206 g/mol. The number of hydrogen-bond donors (Lipinski definition) is 1. The third-order valence-corrected chi connectivity index (χ3v) is 5.58. The van der Waals surface area contributed by atoms with Gasteiger partial charge in [0.1, 0.15) is 0 Å². The Balaban J connectivity index is 1.83. The maximum absolute atomic E-state index is 3.95. The zero-order valence-corrected chi connectivity index (χ0v) is 12.1. The highest BCUT2D eigenvalue weighted by molar-refractivity contribution is 4.91. The van der Waals surface area contributed by atoms with Gasteiger partial charge < -0.3 is 5.32 Å². The monoisotopic (exact) mass is 237 g/mol. The van der Waals surface area contributed by atoms with Gasteiger partial charge in [-0.2, -0.15) is 0 Å². The van der Waals surface area contributed by atoms with Crippen LogP contribution in [0, 0.1) is 17.3 Å². The summed E-state index contributed by atoms with van der Waals surface area (Å²) in [6, 6.07) is 0.813. The van der Waals surface area contributed by atoms with Crippen LogP contribution in [0.1, 0.15) is 72.1 Å². The van der Waals surface area contributed by atoms with Crippen LogP contribution in [0.25, 0.3) is 0 Å². The topological polar surface area (TPSA) is 12.0 Å². The van der Waals surface area contributed by atoms with Gasteiger partial charge in [-0.1, -0.05) is 40.0 Å². The van der Waals surface area contributed by atoms with E-state index in [-0.39, 0.29) is 0 Å². The first-order valence-electron chi connectivity index (χ1n) is 7.90. The smallest absolute Gasteiger partial charge is 0.00979 e. The second kappa shape index (κ2) is 5.73. The van der Waals surface area contributed by atoms with Gasteiger partial charge in [-0.25, -0.2) is 0 Å². The lowest BCUT2D eigenvalue weighted by atomic mass is 9.66. The molecule has 2 saturated carbocycles. The Morgan fingerprint density at radius 1 is 1.12 bits per heavy atom. The minimum Gasteiger partial charge on any atom is -0.313 e. The lowest BCUT2D eigenvalue weighted by Gasteiger charge is -2.44. The van der Waals surface area contributed by atoms with E-state index in [2.05, 4.69) is 26.1 Å². The van der Waals surface area contributed by atoms with Gasteiger partial charge in [-0.15, -0.1) is 0 Å². The van der Waals surface area contributed by atoms with E-state index in [1.54, 1.807) is 0 Å². The summed E-state index contributed by atoms with van der Waals surface area (Å²) in [5.41, 5.74) is 0.680. The standard InChI is InChI=1S/C16H31N/c1-4-16(10-7-11-16)12-17-15-9-6-5-8-14(15)13(2)3/h13-15,17H,4-12H2,1-3H3. The summed E-state index contributed by atoms with van der Waals surface area (Å²) in [5.74, 6) is 1.78. The van der Waals surface area contributed by atoms with Gasteiger partial charge in [0.15, 0.2) is 0 Å². The zero-order chi connectivity index (χ0) is 12.3. The molecule has 2 atom stereocenters. The van der Waals surface area contributed by atoms with E-state index in [4.69, 9.17) is 0 Å². The number of hydrogen-bond acceptors (Lipinski definition) is 1. The molecule has 0 aromatic rings. The van der Waals surface area contributed by atoms with Crippen molar-refractivity contribution in [3.05, 3.63) is 0 Å². The van der Waals surface area contributed by atoms with Crippen molar-refractivity contribution in [1.29, 1.82) is 0 Å². The summed E-state index contributed by atoms with van der Waals surface area (Å²) in [6.45, 7) is 8.48. The molecule has 0 aromatic carbocycles. The second-order valence-electron chi connectivity index (χ2n) is 6.89. The van der Waals surface area contributed by atoms with Crippen molar-refractivity contribution in [3.8, 4) is 0 Å². The van der Waals surface area contributed by atoms with E-state index < -0.39 is 0 Å². The quantitative estimate of drug-likeness (QED) is 0.748. The lowest BCUT2D eigenvalue weighted by molar-refractivity contribution is 0.102. The molecule has 0 radical (unpaired) electrons. The van der Waals surface area contributed by atoms with Crippen molar-refractivity contribution in [2.75, 3.05) is 6.54 Å². The largest absolute Gasteiger partial charge is 0.313 e. The van der Waals surface area contributed by atoms with Crippen LogP contribution < -0.4 is 5.32 Å². The molecule has 2 rings (SSSR count). The van der Waals surface area contributed by atoms with E-state index in [0.29, 0.717) is 5.41 Å². The Labute approximate surface area is 108 Å². The molecule has 0 heterocycles. The molecule has 1 N–H and O–H groups in total. The Kier molecular flexibility index (Phi) is 4.52. The van der Waals surface area contributed by atoms with Gasteiger partial charge in [0.2, 0.25) is 0 Å². The fourth-order valence-electron chi connectivity index (χ4n) is 3.89. The summed E-state index contributed by atoms with van der Waals surface area (Å²) in [5, 5.41) is 3.95. The van der Waals surface area contributed by atoms with Crippen LogP contribution in [0.15, 0.2) is 0 Å². The minimum atomic E-state index is 0.680. The minimum absolute atomic E-state index is 0.680. The third-order valence-electron chi connectivity index (χ3n) is 5.58. The van der Waals surface area contributed by atoms with Crippen molar-refractivity contribution in [1.82, 2.24) is 5.32 Å². The van der Waals surface area contributed by atoms with E-state index in [9.17, 15) is 0 Å². The predicted molar refractivity (Wildman–Crippen MR) is 75.2 cm³/mol. The van der Waals surface area contributed by atoms with Crippen molar-refractivity contribution < 1.29 is 0 Å². The van der Waals surface area contributed by atoms with Gasteiger partial charge in [0.05, 0.1) is 0 Å². The average molecular weight is 237 g/mol. The van der Waals surface area contributed by atoms with Crippen molar-refractivity contribution in [2.45, 2.75) is 78.2 Å². The summed E-state index contributed by atoms with van der Waals surface area (Å²) in [7, 11) is 0. The highest BCUT2D eigenvalue weighted by Gasteiger charge is 2.36. The van der Waals surface area contributed by atoms with Crippen molar-refractivity contribution in [3.63, 3.8) is 0 Å². The van der Waals surface area contributed by atoms with E-state index in [0.717, 1.165) is 17.9 Å². The zero-order valence-electron chi connectivity index (χ0n) is 12.1. The molecule has 0 spiro atoms. The first-order chi connectivity index (χ1) is 8.17. The van der Waals surface area contributed by atoms with Crippen LogP contribution in [-0.2, 0) is 0 Å². The molecule has 0 bridgehead atoms. The first kappa shape index (κ1) is 13.4. The van der Waals surface area contributed by atoms with Crippen LogP contribution in [0.4, 0.5) is 0 Å². The molecule has 100 valence electrons. The van der Waals surface area contributed by atoms with Gasteiger partial charge >= 0.3 is 0 Å². The molecule has 0 amide bonds. The van der Waals surface area contributed by atoms with Crippen LogP contribution >= 0.6 is 0 Å².